The van der Waals surface area contributed by atoms with E-state index < -0.39 is 36.8 Å². The van der Waals surface area contributed by atoms with Crippen molar-refractivity contribution in [2.24, 2.45) is 0 Å². The third-order valence-corrected chi connectivity index (χ3v) is 3.14. The third-order valence-electron chi connectivity index (χ3n) is 3.14. The molecule has 0 aliphatic carbocycles. The van der Waals surface area contributed by atoms with Crippen LogP contribution in [-0.2, 0) is 14.3 Å². The predicted molar refractivity (Wildman–Crippen MR) is 89.5 cm³/mol. The van der Waals surface area contributed by atoms with Gasteiger partial charge >= 0.3 is 5.97 Å². The molecule has 2 aromatic rings. The van der Waals surface area contributed by atoms with Gasteiger partial charge in [0, 0.05) is 11.3 Å². The molecule has 2 N–H and O–H groups in total. The van der Waals surface area contributed by atoms with Crippen molar-refractivity contribution >= 4 is 23.5 Å². The lowest BCUT2D eigenvalue weighted by Gasteiger charge is -2.08. The fraction of sp³-hybridized carbons (Fsp3) is 0.111. The average molecular weight is 355 g/mol. The van der Waals surface area contributed by atoms with Crippen LogP contribution >= 0.6 is 0 Å². The Labute approximate surface area is 148 Å². The molecule has 2 aromatic carbocycles. The van der Waals surface area contributed by atoms with Crippen LogP contribution in [0.5, 0.6) is 0 Å². The molecule has 0 heterocycles. The number of nitrogens with one attached hydrogen (secondary N) is 2. The monoisotopic (exact) mass is 355 g/mol. The molecular weight excluding hydrogens is 341 g/mol. The normalized spacial score (nSPS) is 9.69. The predicted octanol–water partition coefficient (Wildman–Crippen LogP) is 1.61. The highest BCUT2D eigenvalue weighted by atomic mass is 19.1. The number of rotatable bonds is 6. The highest BCUT2D eigenvalue weighted by Crippen LogP contribution is 2.08. The number of hydrogen-bond donors (Lipinski definition) is 2. The summed E-state index contributed by atoms with van der Waals surface area (Å²) >= 11 is 0. The molecule has 0 saturated heterocycles. The lowest BCUT2D eigenvalue weighted by molar-refractivity contribution is -0.146. The Morgan fingerprint density at radius 3 is 2.50 bits per heavy atom. The summed E-state index contributed by atoms with van der Waals surface area (Å²) in [7, 11) is 0. The van der Waals surface area contributed by atoms with Gasteiger partial charge in [-0.2, -0.15) is 5.26 Å². The zero-order chi connectivity index (χ0) is 18.9. The van der Waals surface area contributed by atoms with Crippen LogP contribution in [-0.4, -0.2) is 30.9 Å². The van der Waals surface area contributed by atoms with Gasteiger partial charge in [0.1, 0.15) is 12.4 Å². The average Bonchev–Trinajstić information content (AvgIpc) is 2.65. The van der Waals surface area contributed by atoms with Crippen LogP contribution in [0.4, 0.5) is 10.1 Å². The Morgan fingerprint density at radius 1 is 1.12 bits per heavy atom. The largest absolute Gasteiger partial charge is 0.454 e. The Kier molecular flexibility index (Phi) is 6.40. The number of anilines is 1. The number of ether oxygens (including phenoxy) is 1. The highest BCUT2D eigenvalue weighted by Gasteiger charge is 2.11. The zero-order valence-electron chi connectivity index (χ0n) is 13.5. The van der Waals surface area contributed by atoms with Crippen molar-refractivity contribution in [3.63, 3.8) is 0 Å². The number of carbonyl (C=O) groups excluding carboxylic acids is 3. The second-order valence-electron chi connectivity index (χ2n) is 5.09. The Hall–Kier alpha value is -3.73. The van der Waals surface area contributed by atoms with Crippen LogP contribution in [0.25, 0.3) is 0 Å². The number of amides is 2. The highest BCUT2D eigenvalue weighted by molar-refractivity contribution is 5.96. The standard InChI is InChI=1S/C18H14FN3O4/c19-14-3-1-2-13(8-14)18(25)21-10-17(24)26-11-16(23)22-15-6-4-12(9-20)5-7-15/h1-8H,10-11H2,(H,21,25)(H,22,23). The summed E-state index contributed by atoms with van der Waals surface area (Å²) < 4.78 is 17.8. The van der Waals surface area contributed by atoms with Crippen LogP contribution in [0.15, 0.2) is 48.5 Å². The number of esters is 1. The molecule has 0 bridgehead atoms. The van der Waals surface area contributed by atoms with Gasteiger partial charge in [-0.25, -0.2) is 4.39 Å². The summed E-state index contributed by atoms with van der Waals surface area (Å²) in [6.07, 6.45) is 0. The molecule has 8 heteroatoms. The van der Waals surface area contributed by atoms with Crippen molar-refractivity contribution in [1.29, 1.82) is 5.26 Å². The third kappa shape index (κ3) is 5.72. The van der Waals surface area contributed by atoms with E-state index in [4.69, 9.17) is 10.00 Å². The van der Waals surface area contributed by atoms with Crippen molar-refractivity contribution in [3.8, 4) is 6.07 Å². The Bertz CT molecular complexity index is 859. The molecule has 0 saturated carbocycles. The van der Waals surface area contributed by atoms with E-state index in [-0.39, 0.29) is 5.56 Å². The SMILES string of the molecule is N#Cc1ccc(NC(=O)COC(=O)CNC(=O)c2cccc(F)c2)cc1. The minimum atomic E-state index is -0.815. The molecule has 0 radical (unpaired) electrons. The molecule has 2 amide bonds. The van der Waals surface area contributed by atoms with Gasteiger partial charge in [0.25, 0.3) is 11.8 Å². The van der Waals surface area contributed by atoms with Crippen LogP contribution in [0.2, 0.25) is 0 Å². The molecule has 2 rings (SSSR count). The maximum absolute atomic E-state index is 13.0. The quantitative estimate of drug-likeness (QED) is 0.765. The molecule has 0 atom stereocenters. The van der Waals surface area contributed by atoms with E-state index in [9.17, 15) is 18.8 Å². The Balaban J connectivity index is 1.73. The zero-order valence-corrected chi connectivity index (χ0v) is 13.5. The molecule has 132 valence electrons. The molecule has 7 nitrogen and oxygen atoms in total. The van der Waals surface area contributed by atoms with Crippen molar-refractivity contribution < 1.29 is 23.5 Å². The first kappa shape index (κ1) is 18.6. The maximum Gasteiger partial charge on any atom is 0.325 e. The first-order chi connectivity index (χ1) is 12.5. The lowest BCUT2D eigenvalue weighted by Crippen LogP contribution is -2.32. The van der Waals surface area contributed by atoms with E-state index in [1.807, 2.05) is 6.07 Å². The van der Waals surface area contributed by atoms with Gasteiger partial charge in [-0.3, -0.25) is 14.4 Å². The lowest BCUT2D eigenvalue weighted by atomic mass is 10.2. The second kappa shape index (κ2) is 8.94. The van der Waals surface area contributed by atoms with Gasteiger partial charge in [-0.15, -0.1) is 0 Å². The van der Waals surface area contributed by atoms with E-state index in [0.29, 0.717) is 11.3 Å². The van der Waals surface area contributed by atoms with Gasteiger partial charge in [0.15, 0.2) is 6.61 Å². The number of nitrogens with zero attached hydrogens (tertiary/aromatic N) is 1. The van der Waals surface area contributed by atoms with E-state index in [0.717, 1.165) is 6.07 Å². The van der Waals surface area contributed by atoms with Crippen LogP contribution in [0, 0.1) is 17.1 Å². The van der Waals surface area contributed by atoms with Crippen molar-refractivity contribution in [2.45, 2.75) is 0 Å². The van der Waals surface area contributed by atoms with Crippen LogP contribution in [0.1, 0.15) is 15.9 Å². The topological polar surface area (TPSA) is 108 Å². The molecule has 0 aromatic heterocycles. The molecule has 0 aliphatic heterocycles. The minimum absolute atomic E-state index is 0.0661. The van der Waals surface area contributed by atoms with Gasteiger partial charge in [-0.1, -0.05) is 6.07 Å². The van der Waals surface area contributed by atoms with E-state index in [2.05, 4.69) is 10.6 Å². The molecule has 0 unspecified atom stereocenters. The van der Waals surface area contributed by atoms with Crippen LogP contribution < -0.4 is 10.6 Å². The van der Waals surface area contributed by atoms with E-state index in [1.54, 1.807) is 0 Å². The number of nitriles is 1. The summed E-state index contributed by atoms with van der Waals surface area (Å²) in [6, 6.07) is 13.1. The number of hydrogen-bond acceptors (Lipinski definition) is 5. The van der Waals surface area contributed by atoms with Gasteiger partial charge in [0.05, 0.1) is 11.6 Å². The van der Waals surface area contributed by atoms with Crippen LogP contribution in [0.3, 0.4) is 0 Å². The van der Waals surface area contributed by atoms with Gasteiger partial charge in [-0.05, 0) is 42.5 Å². The van der Waals surface area contributed by atoms with E-state index >= 15 is 0 Å². The minimum Gasteiger partial charge on any atom is -0.454 e. The molecule has 26 heavy (non-hydrogen) atoms. The second-order valence-corrected chi connectivity index (χ2v) is 5.09. The number of halogens is 1. The van der Waals surface area contributed by atoms with Crippen molar-refractivity contribution in [3.05, 3.63) is 65.5 Å². The molecular formula is C18H14FN3O4. The van der Waals surface area contributed by atoms with E-state index in [1.165, 1.54) is 42.5 Å². The summed E-state index contributed by atoms with van der Waals surface area (Å²) in [5, 5.41) is 13.4. The molecule has 0 fully saturated rings. The van der Waals surface area contributed by atoms with Crippen molar-refractivity contribution in [1.82, 2.24) is 5.32 Å². The smallest absolute Gasteiger partial charge is 0.325 e. The first-order valence-electron chi connectivity index (χ1n) is 7.47. The number of benzene rings is 2. The van der Waals surface area contributed by atoms with Crippen molar-refractivity contribution in [2.75, 3.05) is 18.5 Å². The molecule has 0 spiro atoms. The number of carbonyl (C=O) groups is 3. The Morgan fingerprint density at radius 2 is 1.85 bits per heavy atom. The summed E-state index contributed by atoms with van der Waals surface area (Å²) in [5.74, 6) is -2.59. The first-order valence-corrected chi connectivity index (χ1v) is 7.47. The summed E-state index contributed by atoms with van der Waals surface area (Å²) in [4.78, 5) is 35.0. The maximum atomic E-state index is 13.0. The van der Waals surface area contributed by atoms with Gasteiger partial charge < -0.3 is 15.4 Å². The summed E-state index contributed by atoms with van der Waals surface area (Å²) in [6.45, 7) is -0.992. The summed E-state index contributed by atoms with van der Waals surface area (Å²) in [5.41, 5.74) is 0.962. The van der Waals surface area contributed by atoms with Gasteiger partial charge in [0.2, 0.25) is 0 Å². The fourth-order valence-corrected chi connectivity index (χ4v) is 1.91. The molecule has 0 aliphatic rings. The fourth-order valence-electron chi connectivity index (χ4n) is 1.91.